The van der Waals surface area contributed by atoms with Gasteiger partial charge in [0.1, 0.15) is 0 Å². The Morgan fingerprint density at radius 3 is 2.33 bits per heavy atom. The smallest absolute Gasteiger partial charge is 0.306 e. The van der Waals surface area contributed by atoms with Crippen molar-refractivity contribution in [1.29, 1.82) is 0 Å². The number of methoxy groups -OCH3 is 1. The lowest BCUT2D eigenvalue weighted by Gasteiger charge is -2.29. The number of anilines is 1. The van der Waals surface area contributed by atoms with Crippen LogP contribution >= 0.6 is 0 Å². The Balaban J connectivity index is 0.000000275. The average Bonchev–Trinajstić information content (AvgIpc) is 3.30. The van der Waals surface area contributed by atoms with Crippen LogP contribution in [-0.2, 0) is 15.1 Å². The Hall–Kier alpha value is -2.67. The van der Waals surface area contributed by atoms with Crippen LogP contribution in [0.4, 0.5) is 5.69 Å². The molecule has 0 amide bonds. The number of rotatable bonds is 6. The molecule has 1 saturated heterocycles. The van der Waals surface area contributed by atoms with E-state index in [-0.39, 0.29) is 11.5 Å². The fraction of sp³-hybridized carbons (Fsp3) is 0.621. The average molecular weight is 497 g/mol. The van der Waals surface area contributed by atoms with E-state index in [1.807, 2.05) is 0 Å². The Morgan fingerprint density at radius 2 is 1.78 bits per heavy atom. The van der Waals surface area contributed by atoms with Crippen LogP contribution in [0.1, 0.15) is 78.2 Å². The predicted octanol–water partition coefficient (Wildman–Crippen LogP) is 5.76. The predicted molar refractivity (Wildman–Crippen MR) is 148 cm³/mol. The molecule has 1 aromatic rings. The third kappa shape index (κ3) is 7.92. The van der Waals surface area contributed by atoms with E-state index in [0.717, 1.165) is 37.2 Å². The molecule has 2 N–H and O–H groups in total. The van der Waals surface area contributed by atoms with Gasteiger partial charge in [0, 0.05) is 25.9 Å². The largest absolute Gasteiger partial charge is 0.481 e. The first-order valence-electron chi connectivity index (χ1n) is 13.4. The number of hydrogen-bond donors (Lipinski definition) is 2. The number of nitrogens with zero attached hydrogens (tertiary/aromatic N) is 3. The zero-order valence-corrected chi connectivity index (χ0v) is 22.7. The second kappa shape index (κ2) is 13.0. The number of aliphatic imine (C=N–C) groups is 2. The Morgan fingerprint density at radius 1 is 1.14 bits per heavy atom. The lowest BCUT2D eigenvalue weighted by Crippen LogP contribution is -2.29. The third-order valence-corrected chi connectivity index (χ3v) is 7.18. The molecule has 0 spiro atoms. The Kier molecular flexibility index (Phi) is 10.1. The number of carbonyl (C=O) groups is 1. The summed E-state index contributed by atoms with van der Waals surface area (Å²) >= 11 is 0. The maximum atomic E-state index is 10.5. The molecule has 198 valence electrons. The summed E-state index contributed by atoms with van der Waals surface area (Å²) in [7, 11) is 1.69. The fourth-order valence-corrected chi connectivity index (χ4v) is 4.95. The molecule has 2 heterocycles. The number of ether oxygens (including phenoxy) is 1. The summed E-state index contributed by atoms with van der Waals surface area (Å²) in [6.45, 7) is 11.0. The minimum atomic E-state index is -0.653. The van der Waals surface area contributed by atoms with Gasteiger partial charge in [-0.2, -0.15) is 0 Å². The molecular weight excluding hydrogens is 452 g/mol. The van der Waals surface area contributed by atoms with Crippen molar-refractivity contribution in [3.05, 3.63) is 41.6 Å². The van der Waals surface area contributed by atoms with E-state index < -0.39 is 5.97 Å². The highest BCUT2D eigenvalue weighted by Gasteiger charge is 2.25. The van der Waals surface area contributed by atoms with Gasteiger partial charge in [-0.3, -0.25) is 9.79 Å². The fourth-order valence-electron chi connectivity index (χ4n) is 4.95. The van der Waals surface area contributed by atoms with Crippen LogP contribution in [0.25, 0.3) is 0 Å². The molecule has 1 aromatic carbocycles. The molecule has 1 saturated carbocycles. The molecule has 2 aliphatic heterocycles. The second-order valence-electron chi connectivity index (χ2n) is 10.9. The Bertz CT molecular complexity index is 936. The van der Waals surface area contributed by atoms with E-state index in [2.05, 4.69) is 73.2 Å². The van der Waals surface area contributed by atoms with Gasteiger partial charge >= 0.3 is 5.97 Å². The molecule has 36 heavy (non-hydrogen) atoms. The van der Waals surface area contributed by atoms with Crippen LogP contribution in [0, 0.1) is 11.8 Å². The van der Waals surface area contributed by atoms with Crippen molar-refractivity contribution in [1.82, 2.24) is 5.32 Å². The molecule has 0 atom stereocenters. The molecule has 0 aromatic heterocycles. The summed E-state index contributed by atoms with van der Waals surface area (Å²) in [5, 5.41) is 11.9. The Labute approximate surface area is 216 Å². The van der Waals surface area contributed by atoms with Crippen LogP contribution in [0.3, 0.4) is 0 Å². The zero-order chi connectivity index (χ0) is 26.1. The lowest BCUT2D eigenvalue weighted by atomic mass is 9.87. The van der Waals surface area contributed by atoms with Gasteiger partial charge in [-0.1, -0.05) is 32.1 Å². The lowest BCUT2D eigenvalue weighted by molar-refractivity contribution is -0.143. The summed E-state index contributed by atoms with van der Waals surface area (Å²) in [4.78, 5) is 22.3. The highest BCUT2D eigenvalue weighted by atomic mass is 16.5. The van der Waals surface area contributed by atoms with Gasteiger partial charge in [-0.15, -0.1) is 0 Å². The minimum Gasteiger partial charge on any atom is -0.481 e. The molecule has 7 heteroatoms. The molecule has 0 radical (unpaired) electrons. The van der Waals surface area contributed by atoms with E-state index in [1.165, 1.54) is 43.6 Å². The number of amidine groups is 1. The number of hydrogen-bond acceptors (Lipinski definition) is 5. The molecule has 2 fully saturated rings. The van der Waals surface area contributed by atoms with E-state index in [4.69, 9.17) is 14.8 Å². The van der Waals surface area contributed by atoms with Gasteiger partial charge < -0.3 is 20.1 Å². The highest BCUT2D eigenvalue weighted by Crippen LogP contribution is 2.29. The quantitative estimate of drug-likeness (QED) is 0.523. The van der Waals surface area contributed by atoms with Crippen molar-refractivity contribution >= 4 is 23.8 Å². The van der Waals surface area contributed by atoms with Gasteiger partial charge in [-0.05, 0) is 82.4 Å². The number of aliphatic carboxylic acids is 1. The van der Waals surface area contributed by atoms with Crippen LogP contribution < -0.4 is 10.2 Å². The van der Waals surface area contributed by atoms with Crippen molar-refractivity contribution in [2.45, 2.75) is 84.3 Å². The number of carboxylic acids is 1. The van der Waals surface area contributed by atoms with Crippen LogP contribution in [0.2, 0.25) is 0 Å². The van der Waals surface area contributed by atoms with Gasteiger partial charge in [0.2, 0.25) is 0 Å². The zero-order valence-electron chi connectivity index (χ0n) is 22.7. The number of nitrogens with one attached hydrogen (secondary N) is 1. The summed E-state index contributed by atoms with van der Waals surface area (Å²) in [6, 6.07) is 8.91. The first-order chi connectivity index (χ1) is 17.2. The number of benzene rings is 1. The van der Waals surface area contributed by atoms with Crippen molar-refractivity contribution in [2.75, 3.05) is 25.1 Å². The van der Waals surface area contributed by atoms with Gasteiger partial charge in [0.25, 0.3) is 0 Å². The second-order valence-corrected chi connectivity index (χ2v) is 10.9. The van der Waals surface area contributed by atoms with Crippen LogP contribution in [0.15, 0.2) is 46.0 Å². The molecule has 4 rings (SSSR count). The topological polar surface area (TPSA) is 86.5 Å². The summed E-state index contributed by atoms with van der Waals surface area (Å²) in [5.74, 6) is 0.473. The number of piperidine rings is 1. The maximum absolute atomic E-state index is 10.5. The standard InChI is InChI=1S/C21H30N4.C8H14O3/c1-16(2)14-19-20(23-15-22-19)24-21(3,4)17-8-10-18(11-9-17)25-12-6-5-7-13-25;1-11-7-4-2-6(3-5-7)8(9)10/h8-11,14-16H,5-7,12-13H2,1-4H3,(H,22,23,24);6-7H,2-5H2,1H3,(H,9,10)/b19-14+;. The highest BCUT2D eigenvalue weighted by molar-refractivity contribution is 6.08. The summed E-state index contributed by atoms with van der Waals surface area (Å²) in [6.07, 6.45) is 11.5. The van der Waals surface area contributed by atoms with Crippen LogP contribution in [-0.4, -0.2) is 49.6 Å². The molecule has 3 aliphatic rings. The summed E-state index contributed by atoms with van der Waals surface area (Å²) < 4.78 is 5.13. The molecule has 7 nitrogen and oxygen atoms in total. The third-order valence-electron chi connectivity index (χ3n) is 7.18. The van der Waals surface area contributed by atoms with E-state index in [0.29, 0.717) is 12.0 Å². The molecule has 0 bridgehead atoms. The normalized spacial score (nSPS) is 24.6. The molecule has 1 aliphatic carbocycles. The van der Waals surface area contributed by atoms with E-state index in [1.54, 1.807) is 13.4 Å². The van der Waals surface area contributed by atoms with E-state index >= 15 is 0 Å². The van der Waals surface area contributed by atoms with Crippen molar-refractivity contribution in [2.24, 2.45) is 21.8 Å². The van der Waals surface area contributed by atoms with Gasteiger partial charge in [0.15, 0.2) is 5.84 Å². The van der Waals surface area contributed by atoms with Gasteiger partial charge in [-0.25, -0.2) is 4.99 Å². The number of allylic oxidation sites excluding steroid dienone is 1. The monoisotopic (exact) mass is 496 g/mol. The molecule has 0 unspecified atom stereocenters. The number of carboxylic acid groups (broad SMARTS) is 1. The molecular formula is C29H44N4O3. The van der Waals surface area contributed by atoms with Crippen molar-refractivity contribution in [3.8, 4) is 0 Å². The SMILES string of the molecule is CC(C)/C=C1/NC=NC1=NC(C)(C)c1ccc(N2CCCCC2)cc1.COC1CCC(C(=O)O)CC1. The van der Waals surface area contributed by atoms with Gasteiger partial charge in [0.05, 0.1) is 29.6 Å². The van der Waals surface area contributed by atoms with Crippen LogP contribution in [0.5, 0.6) is 0 Å². The summed E-state index contributed by atoms with van der Waals surface area (Å²) in [5.41, 5.74) is 3.24. The first kappa shape index (κ1) is 27.9. The first-order valence-corrected chi connectivity index (χ1v) is 13.4. The van der Waals surface area contributed by atoms with Crippen molar-refractivity contribution < 1.29 is 14.6 Å². The van der Waals surface area contributed by atoms with Crippen molar-refractivity contribution in [3.63, 3.8) is 0 Å². The minimum absolute atomic E-state index is 0.124. The van der Waals surface area contributed by atoms with E-state index in [9.17, 15) is 4.79 Å². The maximum Gasteiger partial charge on any atom is 0.306 e.